The van der Waals surface area contributed by atoms with E-state index in [-0.39, 0.29) is 30.2 Å². The molecule has 0 spiro atoms. The average Bonchev–Trinajstić information content (AvgIpc) is 3.51. The van der Waals surface area contributed by atoms with Crippen LogP contribution in [0.5, 0.6) is 0 Å². The first-order valence-corrected chi connectivity index (χ1v) is 13.8. The van der Waals surface area contributed by atoms with Crippen LogP contribution in [0.15, 0.2) is 50.9 Å². The van der Waals surface area contributed by atoms with Gasteiger partial charge >= 0.3 is 0 Å². The van der Waals surface area contributed by atoms with Crippen LogP contribution in [0.1, 0.15) is 35.0 Å². The number of hydrogen-bond donors (Lipinski definition) is 3. The minimum atomic E-state index is -3.76. The van der Waals surface area contributed by atoms with Gasteiger partial charge in [0.15, 0.2) is 0 Å². The molecule has 0 radical (unpaired) electrons. The third-order valence-electron chi connectivity index (χ3n) is 5.22. The number of amidine groups is 1. The molecule has 0 aliphatic carbocycles. The fraction of sp³-hybridized carbons (Fsp3) is 0.238. The second kappa shape index (κ2) is 9.73. The van der Waals surface area contributed by atoms with E-state index in [2.05, 4.69) is 5.32 Å². The van der Waals surface area contributed by atoms with Gasteiger partial charge in [0.2, 0.25) is 15.7 Å². The van der Waals surface area contributed by atoms with Gasteiger partial charge in [0, 0.05) is 25.1 Å². The number of thiophene rings is 2. The van der Waals surface area contributed by atoms with Gasteiger partial charge in [-0.2, -0.15) is 0 Å². The van der Waals surface area contributed by atoms with E-state index in [4.69, 9.17) is 34.3 Å². The minimum absolute atomic E-state index is 0.0237. The highest BCUT2D eigenvalue weighted by Gasteiger charge is 2.30. The second-order valence-electron chi connectivity index (χ2n) is 7.47. The van der Waals surface area contributed by atoms with Crippen LogP contribution in [-0.4, -0.2) is 31.6 Å². The quantitative estimate of drug-likeness (QED) is 0.283. The number of halogens is 2. The van der Waals surface area contributed by atoms with Gasteiger partial charge in [-0.15, -0.1) is 22.7 Å². The van der Waals surface area contributed by atoms with Crippen molar-refractivity contribution in [3.63, 3.8) is 0 Å². The van der Waals surface area contributed by atoms with E-state index >= 15 is 0 Å². The summed E-state index contributed by atoms with van der Waals surface area (Å²) in [6, 6.07) is 9.78. The van der Waals surface area contributed by atoms with Crippen molar-refractivity contribution in [1.29, 1.82) is 5.41 Å². The van der Waals surface area contributed by atoms with Crippen LogP contribution < -0.4 is 11.1 Å². The number of benzene rings is 1. The number of rotatable bonds is 8. The third-order valence-corrected chi connectivity index (χ3v) is 10.3. The van der Waals surface area contributed by atoms with Gasteiger partial charge < -0.3 is 10.6 Å². The maximum Gasteiger partial charge on any atom is 0.224 e. The molecule has 1 aliphatic rings. The van der Waals surface area contributed by atoms with Crippen molar-refractivity contribution in [1.82, 2.24) is 10.2 Å². The highest BCUT2D eigenvalue weighted by molar-refractivity contribution is 7.93. The Morgan fingerprint density at radius 2 is 2.06 bits per heavy atom. The van der Waals surface area contributed by atoms with Crippen molar-refractivity contribution >= 4 is 67.5 Å². The van der Waals surface area contributed by atoms with Crippen LogP contribution in [0.4, 0.5) is 0 Å². The molecule has 1 unspecified atom stereocenters. The maximum atomic E-state index is 13.0. The monoisotopic (exact) mass is 542 g/mol. The number of nitrogens with two attached hydrogens (primary N) is 1. The molecule has 1 atom stereocenters. The van der Waals surface area contributed by atoms with Crippen molar-refractivity contribution in [2.24, 2.45) is 5.73 Å². The van der Waals surface area contributed by atoms with Crippen molar-refractivity contribution < 1.29 is 13.2 Å². The first-order chi connectivity index (χ1) is 15.7. The summed E-state index contributed by atoms with van der Waals surface area (Å²) in [4.78, 5) is 15.0. The molecule has 2 aromatic heterocycles. The normalized spacial score (nSPS) is 15.2. The predicted octanol–water partition coefficient (Wildman–Crippen LogP) is 4.64. The van der Waals surface area contributed by atoms with Gasteiger partial charge in [-0.25, -0.2) is 8.42 Å². The van der Waals surface area contributed by atoms with Gasteiger partial charge in [-0.3, -0.25) is 15.5 Å². The van der Waals surface area contributed by atoms with Crippen molar-refractivity contribution in [3.8, 4) is 0 Å². The lowest BCUT2D eigenvalue weighted by molar-refractivity contribution is -0.130. The molecule has 174 valence electrons. The number of hydrogen-bond acceptors (Lipinski definition) is 7. The Morgan fingerprint density at radius 1 is 1.27 bits per heavy atom. The zero-order valence-corrected chi connectivity index (χ0v) is 21.1. The molecular formula is C21H20Cl2N4O3S3. The molecular weight excluding hydrogens is 523 g/mol. The van der Waals surface area contributed by atoms with Crippen molar-refractivity contribution in [2.75, 3.05) is 6.54 Å². The number of nitrogen functional groups attached to an aromatic ring is 1. The predicted molar refractivity (Wildman–Crippen MR) is 132 cm³/mol. The molecule has 3 aromatic rings. The Kier molecular flexibility index (Phi) is 7.13. The Labute approximate surface area is 209 Å². The van der Waals surface area contributed by atoms with E-state index in [0.29, 0.717) is 24.4 Å². The molecule has 1 aliphatic heterocycles. The molecule has 1 amide bonds. The maximum absolute atomic E-state index is 13.0. The lowest BCUT2D eigenvalue weighted by Crippen LogP contribution is -2.38. The average molecular weight is 544 g/mol. The Balaban J connectivity index is 1.58. The lowest BCUT2D eigenvalue weighted by atomic mass is 10.2. The minimum Gasteiger partial charge on any atom is -0.383 e. The second-order valence-corrected chi connectivity index (χ2v) is 12.6. The smallest absolute Gasteiger partial charge is 0.224 e. The first kappa shape index (κ1) is 24.2. The largest absolute Gasteiger partial charge is 0.383 e. The summed E-state index contributed by atoms with van der Waals surface area (Å²) in [5, 5.41) is 13.1. The van der Waals surface area contributed by atoms with E-state index in [1.54, 1.807) is 23.1 Å². The molecule has 1 saturated heterocycles. The van der Waals surface area contributed by atoms with Crippen LogP contribution in [0.3, 0.4) is 0 Å². The zero-order valence-electron chi connectivity index (χ0n) is 17.2. The van der Waals surface area contributed by atoms with Crippen LogP contribution in [-0.2, 0) is 21.2 Å². The van der Waals surface area contributed by atoms with Gasteiger partial charge in [0.05, 0.1) is 14.8 Å². The molecule has 7 nitrogen and oxygen atoms in total. The molecule has 0 bridgehead atoms. The Bertz CT molecular complexity index is 1300. The summed E-state index contributed by atoms with van der Waals surface area (Å²) in [5.41, 5.74) is 7.19. The first-order valence-electron chi connectivity index (χ1n) is 9.91. The molecule has 0 saturated carbocycles. The summed E-state index contributed by atoms with van der Waals surface area (Å²) in [6.07, 6.45) is 0.863. The number of carbonyl (C=O) groups is 1. The summed E-state index contributed by atoms with van der Waals surface area (Å²) in [5.74, 6) is 0.0234. The van der Waals surface area contributed by atoms with Crippen molar-refractivity contribution in [3.05, 3.63) is 67.1 Å². The van der Waals surface area contributed by atoms with Gasteiger partial charge in [-0.05, 0) is 41.6 Å². The number of nitrogens with zero attached hydrogens (tertiary/aromatic N) is 1. The fourth-order valence-electron chi connectivity index (χ4n) is 3.60. The lowest BCUT2D eigenvalue weighted by Gasteiger charge is -2.28. The SMILES string of the molecule is N=C(N)c1cc(C(NCc2cccc(S(=O)(=O)c3cc(Cl)c(Cl)s3)c2)N2CCCC2=O)cs1. The van der Waals surface area contributed by atoms with Crippen LogP contribution in [0.25, 0.3) is 0 Å². The summed E-state index contributed by atoms with van der Waals surface area (Å²) in [6.45, 7) is 0.949. The van der Waals surface area contributed by atoms with E-state index in [0.717, 1.165) is 28.9 Å². The topological polar surface area (TPSA) is 116 Å². The third kappa shape index (κ3) is 5.11. The molecule has 1 fully saturated rings. The number of carbonyl (C=O) groups excluding carboxylic acids is 1. The van der Waals surface area contributed by atoms with E-state index in [1.165, 1.54) is 23.5 Å². The fourth-order valence-corrected chi connectivity index (χ4v) is 7.74. The summed E-state index contributed by atoms with van der Waals surface area (Å²) >= 11 is 14.2. The Morgan fingerprint density at radius 3 is 2.67 bits per heavy atom. The van der Waals surface area contributed by atoms with Crippen LogP contribution in [0, 0.1) is 5.41 Å². The number of nitrogens with one attached hydrogen (secondary N) is 2. The molecule has 3 heterocycles. The van der Waals surface area contributed by atoms with Crippen LogP contribution in [0.2, 0.25) is 9.36 Å². The molecule has 4 N–H and O–H groups in total. The van der Waals surface area contributed by atoms with Gasteiger partial charge in [-0.1, -0.05) is 35.3 Å². The molecule has 33 heavy (non-hydrogen) atoms. The van der Waals surface area contributed by atoms with Gasteiger partial charge in [0.25, 0.3) is 0 Å². The van der Waals surface area contributed by atoms with E-state index in [9.17, 15) is 13.2 Å². The standard InChI is InChI=1S/C21H20Cl2N4O3S3/c22-15-9-18(32-19(15)23)33(29,30)14-4-1-3-12(7-14)10-26-21(27-6-2-5-17(27)28)13-8-16(20(24)25)31-11-13/h1,3-4,7-9,11,21,26H,2,5-6,10H2,(H3,24,25). The molecule has 4 rings (SSSR count). The zero-order chi connectivity index (χ0) is 23.8. The van der Waals surface area contributed by atoms with E-state index < -0.39 is 16.0 Å². The summed E-state index contributed by atoms with van der Waals surface area (Å²) < 4.78 is 26.3. The Hall–Kier alpha value is -1.95. The van der Waals surface area contributed by atoms with Crippen molar-refractivity contribution in [2.45, 2.75) is 34.7 Å². The number of likely N-dealkylation sites (tertiary alicyclic amines) is 1. The number of amides is 1. The van der Waals surface area contributed by atoms with E-state index in [1.807, 2.05) is 11.4 Å². The van der Waals surface area contributed by atoms with Crippen LogP contribution >= 0.6 is 45.9 Å². The molecule has 12 heteroatoms. The number of sulfone groups is 1. The molecule has 1 aromatic carbocycles. The highest BCUT2D eigenvalue weighted by atomic mass is 35.5. The summed E-state index contributed by atoms with van der Waals surface area (Å²) in [7, 11) is -3.76. The highest BCUT2D eigenvalue weighted by Crippen LogP contribution is 2.37. The van der Waals surface area contributed by atoms with Gasteiger partial charge in [0.1, 0.15) is 20.5 Å².